The van der Waals surface area contributed by atoms with E-state index in [0.717, 1.165) is 18.8 Å². The van der Waals surface area contributed by atoms with E-state index in [1.165, 1.54) is 25.7 Å². The van der Waals surface area contributed by atoms with Crippen LogP contribution in [0.5, 0.6) is 0 Å². The van der Waals surface area contributed by atoms with Crippen molar-refractivity contribution in [1.29, 1.82) is 0 Å². The summed E-state index contributed by atoms with van der Waals surface area (Å²) >= 11 is 0.0979. The lowest BCUT2D eigenvalue weighted by molar-refractivity contribution is -0.117. The Kier molecular flexibility index (Phi) is 3.41. The predicted octanol–water partition coefficient (Wildman–Crippen LogP) is 4.58. The summed E-state index contributed by atoms with van der Waals surface area (Å²) in [5, 5.41) is 3.53. The molecule has 4 bridgehead atoms. The Labute approximate surface area is 123 Å². The van der Waals surface area contributed by atoms with Crippen molar-refractivity contribution in [2.24, 2.45) is 16.7 Å². The lowest BCUT2D eigenvalue weighted by Crippen LogP contribution is -2.64. The van der Waals surface area contributed by atoms with Crippen LogP contribution in [0.4, 0.5) is 13.2 Å². The van der Waals surface area contributed by atoms with Crippen molar-refractivity contribution in [1.82, 2.24) is 5.32 Å². The molecule has 0 amide bonds. The molecule has 4 rings (SSSR count). The first-order valence-electron chi connectivity index (χ1n) is 7.57. The minimum Gasteiger partial charge on any atom is -0.310 e. The Morgan fingerprint density at radius 2 is 1.65 bits per heavy atom. The van der Waals surface area contributed by atoms with Crippen LogP contribution in [-0.2, 0) is 0 Å². The van der Waals surface area contributed by atoms with Gasteiger partial charge in [-0.25, -0.2) is 0 Å². The molecule has 116 valence electrons. The topological polar surface area (TPSA) is 12.0 Å². The second-order valence-electron chi connectivity index (χ2n) is 8.13. The zero-order valence-electron chi connectivity index (χ0n) is 12.3. The van der Waals surface area contributed by atoms with Crippen molar-refractivity contribution in [3.8, 4) is 0 Å². The van der Waals surface area contributed by atoms with Gasteiger partial charge in [0.05, 0.1) is 0 Å². The number of thioether (sulfide) groups is 1. The molecule has 2 unspecified atom stereocenters. The molecule has 5 heteroatoms. The van der Waals surface area contributed by atoms with Crippen molar-refractivity contribution in [2.45, 2.75) is 63.4 Å². The van der Waals surface area contributed by atoms with E-state index in [-0.39, 0.29) is 23.1 Å². The molecule has 4 aliphatic carbocycles. The third-order valence-corrected chi connectivity index (χ3v) is 6.23. The van der Waals surface area contributed by atoms with Gasteiger partial charge >= 0.3 is 5.51 Å². The van der Waals surface area contributed by atoms with Gasteiger partial charge in [0.25, 0.3) is 0 Å². The molecule has 20 heavy (non-hydrogen) atoms. The average Bonchev–Trinajstić information content (AvgIpc) is 2.17. The maximum absolute atomic E-state index is 12.2. The van der Waals surface area contributed by atoms with Gasteiger partial charge in [0, 0.05) is 17.8 Å². The van der Waals surface area contributed by atoms with Crippen molar-refractivity contribution in [2.75, 3.05) is 12.3 Å². The van der Waals surface area contributed by atoms with Crippen molar-refractivity contribution < 1.29 is 13.2 Å². The molecule has 0 radical (unpaired) electrons. The second kappa shape index (κ2) is 4.55. The Balaban J connectivity index is 1.61. The van der Waals surface area contributed by atoms with Crippen LogP contribution >= 0.6 is 11.8 Å². The molecule has 0 aromatic rings. The molecule has 1 N–H and O–H groups in total. The van der Waals surface area contributed by atoms with E-state index in [1.54, 1.807) is 0 Å². The van der Waals surface area contributed by atoms with Crippen molar-refractivity contribution in [3.63, 3.8) is 0 Å². The molecule has 0 aromatic carbocycles. The van der Waals surface area contributed by atoms with Gasteiger partial charge < -0.3 is 5.32 Å². The standard InChI is InChI=1S/C15H24F3NS/c1-12-5-11-6-13(2,8-12)10-14(7-11,9-12)19-3-4-20-15(16,17)18/h11,19H,3-10H2,1-2H3. The smallest absolute Gasteiger partial charge is 0.310 e. The summed E-state index contributed by atoms with van der Waals surface area (Å²) in [7, 11) is 0. The quantitative estimate of drug-likeness (QED) is 0.763. The first kappa shape index (κ1) is 15.0. The van der Waals surface area contributed by atoms with Gasteiger partial charge in [-0.05, 0) is 67.0 Å². The maximum atomic E-state index is 12.2. The minimum absolute atomic E-state index is 0.0979. The van der Waals surface area contributed by atoms with Crippen LogP contribution < -0.4 is 5.32 Å². The van der Waals surface area contributed by atoms with Crippen LogP contribution in [0.25, 0.3) is 0 Å². The number of halogens is 3. The predicted molar refractivity (Wildman–Crippen MR) is 76.7 cm³/mol. The highest BCUT2D eigenvalue weighted by Crippen LogP contribution is 2.66. The summed E-state index contributed by atoms with van der Waals surface area (Å²) in [6, 6.07) is 0. The largest absolute Gasteiger partial charge is 0.441 e. The van der Waals surface area contributed by atoms with Crippen molar-refractivity contribution in [3.05, 3.63) is 0 Å². The summed E-state index contributed by atoms with van der Waals surface area (Å²) < 4.78 is 36.6. The Morgan fingerprint density at radius 3 is 2.15 bits per heavy atom. The van der Waals surface area contributed by atoms with Gasteiger partial charge in [0.15, 0.2) is 0 Å². The third-order valence-electron chi connectivity index (χ3n) is 5.49. The fourth-order valence-corrected chi connectivity index (χ4v) is 6.56. The highest BCUT2D eigenvalue weighted by molar-refractivity contribution is 8.00. The molecule has 0 saturated heterocycles. The monoisotopic (exact) mass is 307 g/mol. The Hall–Kier alpha value is 0.100. The fourth-order valence-electron chi connectivity index (χ4n) is 6.13. The minimum atomic E-state index is -4.10. The van der Waals surface area contributed by atoms with E-state index >= 15 is 0 Å². The van der Waals surface area contributed by atoms with Gasteiger partial charge in [-0.1, -0.05) is 13.8 Å². The van der Waals surface area contributed by atoms with Gasteiger partial charge in [0.1, 0.15) is 0 Å². The molecule has 4 saturated carbocycles. The molecular weight excluding hydrogens is 283 g/mol. The number of nitrogens with one attached hydrogen (secondary N) is 1. The molecule has 4 aliphatic rings. The molecule has 0 spiro atoms. The molecule has 4 fully saturated rings. The molecule has 0 heterocycles. The normalized spacial score (nSPS) is 47.0. The van der Waals surface area contributed by atoms with Crippen LogP contribution in [0.2, 0.25) is 0 Å². The van der Waals surface area contributed by atoms with Crippen LogP contribution in [0.1, 0.15) is 52.4 Å². The molecule has 2 atom stereocenters. The van der Waals surface area contributed by atoms with E-state index < -0.39 is 5.51 Å². The van der Waals surface area contributed by atoms with Crippen molar-refractivity contribution >= 4 is 11.8 Å². The van der Waals surface area contributed by atoms with Gasteiger partial charge in [-0.3, -0.25) is 0 Å². The number of alkyl halides is 3. The SMILES string of the molecule is CC12CC3CC(C)(C1)CC(NCCSC(F)(F)F)(C3)C2. The van der Waals surface area contributed by atoms with Crippen LogP contribution in [-0.4, -0.2) is 23.3 Å². The lowest BCUT2D eigenvalue weighted by Gasteiger charge is -2.65. The zero-order valence-corrected chi connectivity index (χ0v) is 13.1. The highest BCUT2D eigenvalue weighted by Gasteiger charge is 2.59. The highest BCUT2D eigenvalue weighted by atomic mass is 32.2. The summed E-state index contributed by atoms with van der Waals surface area (Å²) in [5.41, 5.74) is -3.15. The Morgan fingerprint density at radius 1 is 1.05 bits per heavy atom. The second-order valence-corrected chi connectivity index (χ2v) is 9.29. The van der Waals surface area contributed by atoms with Gasteiger partial charge in [0.2, 0.25) is 0 Å². The fraction of sp³-hybridized carbons (Fsp3) is 1.00. The third kappa shape index (κ3) is 2.99. The molecule has 0 aliphatic heterocycles. The molecular formula is C15H24F3NS. The Bertz CT molecular complexity index is 377. The summed E-state index contributed by atoms with van der Waals surface area (Å²) in [6.45, 7) is 5.25. The molecule has 1 nitrogen and oxygen atoms in total. The van der Waals surface area contributed by atoms with Gasteiger partial charge in [-0.2, -0.15) is 13.2 Å². The number of hydrogen-bond donors (Lipinski definition) is 1. The molecule has 0 aromatic heterocycles. The van der Waals surface area contributed by atoms with E-state index in [1.807, 2.05) is 0 Å². The summed E-state index contributed by atoms with van der Waals surface area (Å²) in [5.74, 6) is 0.910. The van der Waals surface area contributed by atoms with E-state index in [2.05, 4.69) is 19.2 Å². The average molecular weight is 307 g/mol. The van der Waals surface area contributed by atoms with Gasteiger partial charge in [-0.15, -0.1) is 0 Å². The maximum Gasteiger partial charge on any atom is 0.441 e. The first-order chi connectivity index (χ1) is 9.11. The lowest BCUT2D eigenvalue weighted by atomic mass is 9.43. The summed E-state index contributed by atoms with van der Waals surface area (Å²) in [4.78, 5) is 0. The van der Waals surface area contributed by atoms with E-state index in [4.69, 9.17) is 0 Å². The van der Waals surface area contributed by atoms with Crippen LogP contribution in [0.15, 0.2) is 0 Å². The zero-order chi connectivity index (χ0) is 14.6. The first-order valence-corrected chi connectivity index (χ1v) is 8.56. The van der Waals surface area contributed by atoms with Crippen LogP contribution in [0.3, 0.4) is 0 Å². The number of rotatable bonds is 4. The van der Waals surface area contributed by atoms with Crippen LogP contribution in [0, 0.1) is 16.7 Å². The van der Waals surface area contributed by atoms with E-state index in [0.29, 0.717) is 17.4 Å². The number of hydrogen-bond acceptors (Lipinski definition) is 2. The summed E-state index contributed by atoms with van der Waals surface area (Å²) in [6.07, 6.45) is 7.43. The van der Waals surface area contributed by atoms with E-state index in [9.17, 15) is 13.2 Å².